The highest BCUT2D eigenvalue weighted by Gasteiger charge is 2.20. The molecule has 0 bridgehead atoms. The zero-order valence-electron chi connectivity index (χ0n) is 12.5. The van der Waals surface area contributed by atoms with E-state index in [1.807, 2.05) is 0 Å². The molecule has 0 unspecified atom stereocenters. The fourth-order valence-electron chi connectivity index (χ4n) is 2.04. The molecule has 0 aliphatic heterocycles. The highest BCUT2D eigenvalue weighted by atomic mass is 32.2. The molecule has 0 saturated heterocycles. The highest BCUT2D eigenvalue weighted by molar-refractivity contribution is 7.92. The van der Waals surface area contributed by atoms with Crippen molar-refractivity contribution < 1.29 is 27.1 Å². The van der Waals surface area contributed by atoms with E-state index in [-0.39, 0.29) is 12.2 Å². The van der Waals surface area contributed by atoms with Crippen LogP contribution in [0.4, 0.5) is 5.69 Å². The molecule has 22 heavy (non-hydrogen) atoms. The summed E-state index contributed by atoms with van der Waals surface area (Å²) in [6.07, 6.45) is 1.05. The van der Waals surface area contributed by atoms with Crippen LogP contribution in [0.3, 0.4) is 0 Å². The summed E-state index contributed by atoms with van der Waals surface area (Å²) in [5, 5.41) is 0.494. The maximum Gasteiger partial charge on any atom is 0.342 e. The van der Waals surface area contributed by atoms with Crippen LogP contribution < -0.4 is 4.72 Å². The second-order valence-electron chi connectivity index (χ2n) is 4.75. The van der Waals surface area contributed by atoms with Crippen LogP contribution in [-0.4, -0.2) is 41.0 Å². The first-order valence-electron chi connectivity index (χ1n) is 6.49. The lowest BCUT2D eigenvalue weighted by molar-refractivity contribution is 0.0388. The second-order valence-corrected chi connectivity index (χ2v) is 6.50. The van der Waals surface area contributed by atoms with Crippen LogP contribution in [0.2, 0.25) is 0 Å². The Balaban J connectivity index is 2.38. The molecule has 1 N–H and O–H groups in total. The normalized spacial score (nSPS) is 11.6. The lowest BCUT2D eigenvalue weighted by Gasteiger charge is -2.05. The number of benzene rings is 1. The van der Waals surface area contributed by atoms with Gasteiger partial charge in [-0.15, -0.1) is 0 Å². The minimum absolute atomic E-state index is 0.128. The number of furan rings is 1. The van der Waals surface area contributed by atoms with Gasteiger partial charge in [-0.05, 0) is 25.1 Å². The number of fused-ring (bicyclic) bond motifs is 1. The summed E-state index contributed by atoms with van der Waals surface area (Å²) in [6.45, 7) is 2.07. The van der Waals surface area contributed by atoms with Crippen LogP contribution in [-0.2, 0) is 19.5 Å². The molecule has 2 rings (SSSR count). The standard InChI is InChI=1S/C14H17NO6S/c1-9-13(14(16)20-7-6-19-2)11-8-10(15-22(3,17)18)4-5-12(11)21-9/h4-5,8,15H,6-7H2,1-3H3. The van der Waals surface area contributed by atoms with Crippen LogP contribution in [0.25, 0.3) is 11.0 Å². The number of nitrogens with one attached hydrogen (secondary N) is 1. The Morgan fingerprint density at radius 1 is 1.32 bits per heavy atom. The van der Waals surface area contributed by atoms with E-state index in [0.717, 1.165) is 6.26 Å². The molecule has 7 nitrogen and oxygen atoms in total. The summed E-state index contributed by atoms with van der Waals surface area (Å²) in [4.78, 5) is 12.1. The van der Waals surface area contributed by atoms with E-state index >= 15 is 0 Å². The van der Waals surface area contributed by atoms with E-state index < -0.39 is 16.0 Å². The maximum atomic E-state index is 12.1. The van der Waals surface area contributed by atoms with Crippen LogP contribution in [0.1, 0.15) is 16.1 Å². The fraction of sp³-hybridized carbons (Fsp3) is 0.357. The number of sulfonamides is 1. The van der Waals surface area contributed by atoms with Crippen LogP contribution in [0.5, 0.6) is 0 Å². The van der Waals surface area contributed by atoms with Gasteiger partial charge in [-0.3, -0.25) is 4.72 Å². The molecule has 0 aliphatic rings. The van der Waals surface area contributed by atoms with E-state index in [0.29, 0.717) is 29.0 Å². The summed E-state index contributed by atoms with van der Waals surface area (Å²) >= 11 is 0. The Morgan fingerprint density at radius 2 is 2.05 bits per heavy atom. The van der Waals surface area contributed by atoms with Crippen LogP contribution in [0.15, 0.2) is 22.6 Å². The van der Waals surface area contributed by atoms with Crippen LogP contribution in [0, 0.1) is 6.92 Å². The smallest absolute Gasteiger partial charge is 0.342 e. The van der Waals surface area contributed by atoms with Crippen molar-refractivity contribution in [1.29, 1.82) is 0 Å². The average Bonchev–Trinajstić information content (AvgIpc) is 2.72. The highest BCUT2D eigenvalue weighted by Crippen LogP contribution is 2.29. The number of esters is 1. The van der Waals surface area contributed by atoms with Gasteiger partial charge < -0.3 is 13.9 Å². The van der Waals surface area contributed by atoms with Crippen molar-refractivity contribution in [1.82, 2.24) is 0 Å². The molecule has 0 amide bonds. The van der Waals surface area contributed by atoms with Crippen molar-refractivity contribution in [2.45, 2.75) is 6.92 Å². The number of anilines is 1. The Hall–Kier alpha value is -2.06. The fourth-order valence-corrected chi connectivity index (χ4v) is 2.60. The Kier molecular flexibility index (Phi) is 4.72. The number of aryl methyl sites for hydroxylation is 1. The summed E-state index contributed by atoms with van der Waals surface area (Å²) in [5.74, 6) is -0.126. The first-order valence-corrected chi connectivity index (χ1v) is 8.38. The van der Waals surface area contributed by atoms with Gasteiger partial charge >= 0.3 is 5.97 Å². The summed E-state index contributed by atoms with van der Waals surface area (Å²) in [6, 6.07) is 4.70. The minimum Gasteiger partial charge on any atom is -0.460 e. The summed E-state index contributed by atoms with van der Waals surface area (Å²) in [5.41, 5.74) is 1.11. The van der Waals surface area contributed by atoms with Crippen molar-refractivity contribution in [2.75, 3.05) is 31.3 Å². The minimum atomic E-state index is -3.40. The number of carbonyl (C=O) groups excluding carboxylic acids is 1. The van der Waals surface area contributed by atoms with Crippen molar-refractivity contribution in [3.63, 3.8) is 0 Å². The van der Waals surface area contributed by atoms with Gasteiger partial charge in [0.1, 0.15) is 23.5 Å². The predicted octanol–water partition coefficient (Wildman–Crippen LogP) is 1.92. The van der Waals surface area contributed by atoms with E-state index in [1.165, 1.54) is 7.11 Å². The molecule has 120 valence electrons. The number of carbonyl (C=O) groups is 1. The average molecular weight is 327 g/mol. The molecular formula is C14H17NO6S. The quantitative estimate of drug-likeness (QED) is 0.643. The van der Waals surface area contributed by atoms with Crippen molar-refractivity contribution in [2.24, 2.45) is 0 Å². The van der Waals surface area contributed by atoms with Crippen LogP contribution >= 0.6 is 0 Å². The molecule has 1 aromatic heterocycles. The number of methoxy groups -OCH3 is 1. The van der Waals surface area contributed by atoms with Gasteiger partial charge in [0, 0.05) is 18.2 Å². The van der Waals surface area contributed by atoms with Crippen molar-refractivity contribution in [3.05, 3.63) is 29.5 Å². The first kappa shape index (κ1) is 16.3. The van der Waals surface area contributed by atoms with Gasteiger partial charge in [0.05, 0.1) is 12.9 Å². The molecule has 0 saturated carbocycles. The molecule has 0 atom stereocenters. The van der Waals surface area contributed by atoms with Gasteiger partial charge in [-0.2, -0.15) is 0 Å². The lowest BCUT2D eigenvalue weighted by atomic mass is 10.1. The van der Waals surface area contributed by atoms with E-state index in [1.54, 1.807) is 25.1 Å². The number of hydrogen-bond donors (Lipinski definition) is 1. The third kappa shape index (κ3) is 3.77. The van der Waals surface area contributed by atoms with Gasteiger partial charge in [0.15, 0.2) is 0 Å². The number of rotatable bonds is 6. The van der Waals surface area contributed by atoms with Gasteiger partial charge in [-0.25, -0.2) is 13.2 Å². The van der Waals surface area contributed by atoms with Crippen molar-refractivity contribution in [3.8, 4) is 0 Å². The summed E-state index contributed by atoms with van der Waals surface area (Å²) in [7, 11) is -1.89. The Labute approximate surface area is 128 Å². The molecule has 2 aromatic rings. The number of hydrogen-bond acceptors (Lipinski definition) is 6. The van der Waals surface area contributed by atoms with E-state index in [4.69, 9.17) is 13.9 Å². The van der Waals surface area contributed by atoms with E-state index in [2.05, 4.69) is 4.72 Å². The number of ether oxygens (including phenoxy) is 2. The SMILES string of the molecule is COCCOC(=O)c1c(C)oc2ccc(NS(C)(=O)=O)cc12. The monoisotopic (exact) mass is 327 g/mol. The third-order valence-corrected chi connectivity index (χ3v) is 3.50. The largest absolute Gasteiger partial charge is 0.460 e. The molecule has 1 heterocycles. The third-order valence-electron chi connectivity index (χ3n) is 2.89. The zero-order valence-corrected chi connectivity index (χ0v) is 13.3. The predicted molar refractivity (Wildman–Crippen MR) is 81.6 cm³/mol. The molecule has 0 aliphatic carbocycles. The topological polar surface area (TPSA) is 94.8 Å². The summed E-state index contributed by atoms with van der Waals surface area (Å²) < 4.78 is 40.4. The van der Waals surface area contributed by atoms with E-state index in [9.17, 15) is 13.2 Å². The van der Waals surface area contributed by atoms with Gasteiger partial charge in [0.2, 0.25) is 10.0 Å². The Bertz CT molecular complexity index is 793. The second kappa shape index (κ2) is 6.37. The molecule has 0 spiro atoms. The zero-order chi connectivity index (χ0) is 16.3. The maximum absolute atomic E-state index is 12.1. The van der Waals surface area contributed by atoms with Gasteiger partial charge in [0.25, 0.3) is 0 Å². The molecule has 1 aromatic carbocycles. The molecule has 0 fully saturated rings. The van der Waals surface area contributed by atoms with Crippen molar-refractivity contribution >= 4 is 32.6 Å². The molecular weight excluding hydrogens is 310 g/mol. The molecule has 0 radical (unpaired) electrons. The molecule has 8 heteroatoms. The Morgan fingerprint density at radius 3 is 2.68 bits per heavy atom. The van der Waals surface area contributed by atoms with Gasteiger partial charge in [-0.1, -0.05) is 0 Å². The lowest BCUT2D eigenvalue weighted by Crippen LogP contribution is -2.11. The first-order chi connectivity index (χ1) is 10.3.